The van der Waals surface area contributed by atoms with Gasteiger partial charge in [-0.25, -0.2) is 18.4 Å². The molecule has 1 rings (SSSR count). The maximum absolute atomic E-state index is 13.3. The molecule has 0 aromatic heterocycles. The van der Waals surface area contributed by atoms with E-state index in [9.17, 15) is 13.2 Å². The van der Waals surface area contributed by atoms with Gasteiger partial charge in [0.1, 0.15) is 5.82 Å². The third kappa shape index (κ3) is 2.25. The van der Waals surface area contributed by atoms with E-state index in [0.29, 0.717) is 0 Å². The SMILES string of the molecule is Cc1c(F)c(C)c(SOOO)c(F)c1F. The van der Waals surface area contributed by atoms with Gasteiger partial charge in [-0.05, 0) is 13.8 Å². The lowest BCUT2D eigenvalue weighted by molar-refractivity contribution is -0.432. The van der Waals surface area contributed by atoms with Crippen molar-refractivity contribution in [2.45, 2.75) is 18.7 Å². The fourth-order valence-electron chi connectivity index (χ4n) is 1.05. The highest BCUT2D eigenvalue weighted by molar-refractivity contribution is 7.94. The highest BCUT2D eigenvalue weighted by atomic mass is 32.2. The summed E-state index contributed by atoms with van der Waals surface area (Å²) >= 11 is 0.183. The van der Waals surface area contributed by atoms with Gasteiger partial charge in [0.15, 0.2) is 11.6 Å². The summed E-state index contributed by atoms with van der Waals surface area (Å²) in [6, 6.07) is 0. The highest BCUT2D eigenvalue weighted by Gasteiger charge is 2.21. The number of halogens is 3. The maximum Gasteiger partial charge on any atom is 0.175 e. The van der Waals surface area contributed by atoms with Crippen molar-refractivity contribution in [3.8, 4) is 0 Å². The average Bonchev–Trinajstić information content (AvgIpc) is 2.24. The molecule has 0 amide bonds. The van der Waals surface area contributed by atoms with Gasteiger partial charge in [0.2, 0.25) is 0 Å². The Labute approximate surface area is 87.9 Å². The number of rotatable bonds is 3. The lowest BCUT2D eigenvalue weighted by Gasteiger charge is -2.09. The van der Waals surface area contributed by atoms with Crippen molar-refractivity contribution in [1.82, 2.24) is 0 Å². The molecule has 0 fully saturated rings. The zero-order valence-electron chi connectivity index (χ0n) is 7.81. The molecule has 0 spiro atoms. The minimum absolute atomic E-state index is 0.117. The van der Waals surface area contributed by atoms with E-state index in [2.05, 4.69) is 9.37 Å². The van der Waals surface area contributed by atoms with Gasteiger partial charge in [0, 0.05) is 11.1 Å². The van der Waals surface area contributed by atoms with E-state index in [1.165, 1.54) is 6.92 Å². The summed E-state index contributed by atoms with van der Waals surface area (Å²) in [6.45, 7) is 2.38. The number of benzene rings is 1. The molecule has 1 aromatic rings. The van der Waals surface area contributed by atoms with Crippen LogP contribution in [0.25, 0.3) is 0 Å². The molecule has 0 aliphatic heterocycles. The summed E-state index contributed by atoms with van der Waals surface area (Å²) in [5, 5.41) is 11.1. The average molecular weight is 240 g/mol. The molecule has 0 aliphatic rings. The second kappa shape index (κ2) is 4.84. The monoisotopic (exact) mass is 240 g/mol. The Morgan fingerprint density at radius 3 is 2.13 bits per heavy atom. The Morgan fingerprint density at radius 1 is 1.00 bits per heavy atom. The van der Waals surface area contributed by atoms with Crippen molar-refractivity contribution in [3.05, 3.63) is 28.6 Å². The van der Waals surface area contributed by atoms with Crippen molar-refractivity contribution < 1.29 is 27.8 Å². The Bertz CT molecular complexity index is 355. The normalized spacial score (nSPS) is 10.8. The molecule has 0 heterocycles. The molecular formula is C8H7F3O3S. The Morgan fingerprint density at radius 2 is 1.60 bits per heavy atom. The van der Waals surface area contributed by atoms with E-state index in [4.69, 9.17) is 5.26 Å². The molecule has 15 heavy (non-hydrogen) atoms. The molecule has 0 saturated carbocycles. The van der Waals surface area contributed by atoms with Crippen LogP contribution in [-0.2, 0) is 9.37 Å². The van der Waals surface area contributed by atoms with Crippen LogP contribution in [0.4, 0.5) is 13.2 Å². The summed E-state index contributed by atoms with van der Waals surface area (Å²) < 4.78 is 43.5. The van der Waals surface area contributed by atoms with Crippen LogP contribution in [-0.4, -0.2) is 5.26 Å². The van der Waals surface area contributed by atoms with E-state index in [1.807, 2.05) is 0 Å². The second-order valence-corrected chi connectivity index (χ2v) is 3.46. The van der Waals surface area contributed by atoms with E-state index >= 15 is 0 Å². The van der Waals surface area contributed by atoms with Crippen molar-refractivity contribution in [1.29, 1.82) is 0 Å². The summed E-state index contributed by atoms with van der Waals surface area (Å²) in [5.74, 6) is -3.39. The van der Waals surface area contributed by atoms with Crippen LogP contribution in [0.2, 0.25) is 0 Å². The first-order chi connectivity index (χ1) is 7.00. The van der Waals surface area contributed by atoms with E-state index in [1.54, 1.807) is 0 Å². The molecule has 7 heteroatoms. The minimum Gasteiger partial charge on any atom is -0.220 e. The fourth-order valence-corrected chi connectivity index (χ4v) is 1.53. The van der Waals surface area contributed by atoms with Crippen LogP contribution < -0.4 is 0 Å². The van der Waals surface area contributed by atoms with Gasteiger partial charge in [0.25, 0.3) is 0 Å². The fraction of sp³-hybridized carbons (Fsp3) is 0.250. The lowest BCUT2D eigenvalue weighted by atomic mass is 10.1. The van der Waals surface area contributed by atoms with Gasteiger partial charge in [-0.1, -0.05) is 5.04 Å². The predicted molar refractivity (Wildman–Crippen MR) is 46.4 cm³/mol. The van der Waals surface area contributed by atoms with Gasteiger partial charge in [-0.15, -0.1) is 4.33 Å². The largest absolute Gasteiger partial charge is 0.220 e. The van der Waals surface area contributed by atoms with Crippen LogP contribution >= 0.6 is 12.0 Å². The van der Waals surface area contributed by atoms with Crippen molar-refractivity contribution in [3.63, 3.8) is 0 Å². The first kappa shape index (κ1) is 12.3. The van der Waals surface area contributed by atoms with Crippen LogP contribution in [0.1, 0.15) is 11.1 Å². The van der Waals surface area contributed by atoms with Gasteiger partial charge >= 0.3 is 0 Å². The summed E-state index contributed by atoms with van der Waals surface area (Å²) in [4.78, 5) is -0.412. The quantitative estimate of drug-likeness (QED) is 0.381. The topological polar surface area (TPSA) is 38.7 Å². The summed E-state index contributed by atoms with van der Waals surface area (Å²) in [7, 11) is 0. The molecular weight excluding hydrogens is 233 g/mol. The lowest BCUT2D eigenvalue weighted by Crippen LogP contribution is -2.01. The van der Waals surface area contributed by atoms with Crippen LogP contribution in [0, 0.1) is 31.3 Å². The van der Waals surface area contributed by atoms with E-state index < -0.39 is 27.9 Å². The molecule has 0 radical (unpaired) electrons. The molecule has 0 aliphatic carbocycles. The zero-order valence-corrected chi connectivity index (χ0v) is 8.62. The van der Waals surface area contributed by atoms with E-state index in [0.717, 1.165) is 6.92 Å². The van der Waals surface area contributed by atoms with Crippen molar-refractivity contribution in [2.24, 2.45) is 0 Å². The Hall–Kier alpha value is -0.760. The van der Waals surface area contributed by atoms with Crippen LogP contribution in [0.15, 0.2) is 4.90 Å². The maximum atomic E-state index is 13.3. The third-order valence-corrected chi connectivity index (χ3v) is 2.65. The standard InChI is InChI=1S/C8H7F3O3S/c1-3-5(9)4(2)8(15-14-13-12)7(11)6(3)10/h12H,1-2H3. The molecule has 3 nitrogen and oxygen atoms in total. The molecule has 0 unspecified atom stereocenters. The van der Waals surface area contributed by atoms with E-state index in [-0.39, 0.29) is 17.6 Å². The van der Waals surface area contributed by atoms with Gasteiger partial charge in [-0.2, -0.15) is 0 Å². The molecule has 0 atom stereocenters. The molecule has 0 bridgehead atoms. The number of hydrogen-bond acceptors (Lipinski definition) is 4. The molecule has 84 valence electrons. The van der Waals surface area contributed by atoms with Crippen LogP contribution in [0.5, 0.6) is 0 Å². The molecule has 0 saturated heterocycles. The summed E-state index contributed by atoms with van der Waals surface area (Å²) in [6.07, 6.45) is 0. The highest BCUT2D eigenvalue weighted by Crippen LogP contribution is 2.32. The van der Waals surface area contributed by atoms with Crippen LogP contribution in [0.3, 0.4) is 0 Å². The Balaban J connectivity index is 3.26. The van der Waals surface area contributed by atoms with Crippen molar-refractivity contribution in [2.75, 3.05) is 0 Å². The first-order valence-electron chi connectivity index (χ1n) is 3.79. The molecule has 1 aromatic carbocycles. The first-order valence-corrected chi connectivity index (χ1v) is 4.53. The van der Waals surface area contributed by atoms with Gasteiger partial charge in [-0.3, -0.25) is 0 Å². The van der Waals surface area contributed by atoms with Gasteiger partial charge in [0.05, 0.1) is 16.9 Å². The summed E-state index contributed by atoms with van der Waals surface area (Å²) in [5.41, 5.74) is -0.521. The zero-order chi connectivity index (χ0) is 11.6. The Kier molecular flexibility index (Phi) is 3.97. The van der Waals surface area contributed by atoms with Crippen molar-refractivity contribution >= 4 is 12.0 Å². The number of hydrogen-bond donors (Lipinski definition) is 1. The predicted octanol–water partition coefficient (Wildman–Crippen LogP) is 3.15. The smallest absolute Gasteiger partial charge is 0.175 e. The van der Waals surface area contributed by atoms with Gasteiger partial charge < -0.3 is 0 Å². The third-order valence-electron chi connectivity index (χ3n) is 1.87. The minimum atomic E-state index is -1.29. The molecule has 1 N–H and O–H groups in total. The second-order valence-electron chi connectivity index (χ2n) is 2.75.